The van der Waals surface area contributed by atoms with Gasteiger partial charge >= 0.3 is 6.09 Å². The van der Waals surface area contributed by atoms with Gasteiger partial charge in [0.05, 0.1) is 5.54 Å². The first-order valence-electron chi connectivity index (χ1n) is 15.9. The van der Waals surface area contributed by atoms with Gasteiger partial charge in [0.25, 0.3) is 0 Å². The molecule has 40 heavy (non-hydrogen) atoms. The predicted octanol–water partition coefficient (Wildman–Crippen LogP) is 7.79. The van der Waals surface area contributed by atoms with Crippen molar-refractivity contribution in [3.05, 3.63) is 35.6 Å². The van der Waals surface area contributed by atoms with Crippen molar-refractivity contribution >= 4 is 12.0 Å². The van der Waals surface area contributed by atoms with Gasteiger partial charge in [-0.05, 0) is 105 Å². The Bertz CT molecular complexity index is 1050. The zero-order chi connectivity index (χ0) is 28.7. The molecule has 0 N–H and O–H groups in total. The Kier molecular flexibility index (Phi) is 8.29. The summed E-state index contributed by atoms with van der Waals surface area (Å²) in [7, 11) is 0. The predicted molar refractivity (Wildman–Crippen MR) is 156 cm³/mol. The smallest absolute Gasteiger partial charge is 0.410 e. The van der Waals surface area contributed by atoms with Crippen LogP contribution in [-0.2, 0) is 9.53 Å². The molecule has 0 radical (unpaired) electrons. The Morgan fingerprint density at radius 3 is 2.23 bits per heavy atom. The van der Waals surface area contributed by atoms with Crippen LogP contribution in [0.2, 0.25) is 0 Å². The zero-order valence-electron chi connectivity index (χ0n) is 25.5. The molecule has 4 fully saturated rings. The molecule has 2 aliphatic carbocycles. The second-order valence-electron chi connectivity index (χ2n) is 15.1. The van der Waals surface area contributed by atoms with Crippen LogP contribution in [0.15, 0.2) is 24.3 Å². The van der Waals surface area contributed by atoms with E-state index >= 15 is 0 Å². The molecule has 5 nitrogen and oxygen atoms in total. The van der Waals surface area contributed by atoms with Crippen LogP contribution in [0.4, 0.5) is 9.18 Å². The topological polar surface area (TPSA) is 49.9 Å². The number of benzene rings is 1. The van der Waals surface area contributed by atoms with Crippen molar-refractivity contribution in [3.63, 3.8) is 0 Å². The van der Waals surface area contributed by atoms with Gasteiger partial charge in [-0.1, -0.05) is 52.2 Å². The molecular formula is C34H51FN2O3. The van der Waals surface area contributed by atoms with E-state index in [1.54, 1.807) is 12.1 Å². The summed E-state index contributed by atoms with van der Waals surface area (Å²) in [5, 5.41) is 0. The van der Waals surface area contributed by atoms with Crippen molar-refractivity contribution in [1.82, 2.24) is 9.80 Å². The lowest BCUT2D eigenvalue weighted by Crippen LogP contribution is -2.56. The first-order valence-corrected chi connectivity index (χ1v) is 15.9. The molecule has 0 bridgehead atoms. The van der Waals surface area contributed by atoms with Gasteiger partial charge in [-0.15, -0.1) is 0 Å². The molecule has 0 aromatic heterocycles. The molecule has 4 aliphatic rings. The van der Waals surface area contributed by atoms with Gasteiger partial charge in [0.2, 0.25) is 5.91 Å². The number of cyclic esters (lactones) is 1. The third-order valence-electron chi connectivity index (χ3n) is 11.2. The van der Waals surface area contributed by atoms with E-state index in [0.717, 1.165) is 57.3 Å². The highest BCUT2D eigenvalue weighted by molar-refractivity contribution is 5.80. The number of carbonyl (C=O) groups excluding carboxylic acids is 2. The van der Waals surface area contributed by atoms with Gasteiger partial charge in [-0.2, -0.15) is 0 Å². The number of piperidine rings is 1. The fourth-order valence-electron chi connectivity index (χ4n) is 8.38. The maximum Gasteiger partial charge on any atom is 0.410 e. The molecule has 6 heteroatoms. The molecule has 5 rings (SSSR count). The highest BCUT2D eigenvalue weighted by atomic mass is 19.1. The minimum Gasteiger partial charge on any atom is -0.447 e. The minimum atomic E-state index is -0.292. The number of likely N-dealkylation sites (tertiary alicyclic amines) is 1. The van der Waals surface area contributed by atoms with Crippen molar-refractivity contribution in [2.24, 2.45) is 28.6 Å². The van der Waals surface area contributed by atoms with Crippen LogP contribution in [0, 0.1) is 34.4 Å². The summed E-state index contributed by atoms with van der Waals surface area (Å²) in [4.78, 5) is 31.1. The van der Waals surface area contributed by atoms with E-state index in [1.165, 1.54) is 32.1 Å². The van der Waals surface area contributed by atoms with Crippen molar-refractivity contribution in [2.45, 2.75) is 110 Å². The van der Waals surface area contributed by atoms with Crippen molar-refractivity contribution in [3.8, 4) is 0 Å². The van der Waals surface area contributed by atoms with E-state index in [-0.39, 0.29) is 46.0 Å². The van der Waals surface area contributed by atoms with Gasteiger partial charge in [0, 0.05) is 25.6 Å². The Hall–Kier alpha value is -2.11. The molecule has 2 saturated heterocycles. The van der Waals surface area contributed by atoms with E-state index in [0.29, 0.717) is 18.4 Å². The van der Waals surface area contributed by atoms with E-state index in [1.807, 2.05) is 17.0 Å². The molecule has 2 heterocycles. The van der Waals surface area contributed by atoms with Crippen LogP contribution in [-0.4, -0.2) is 53.6 Å². The summed E-state index contributed by atoms with van der Waals surface area (Å²) in [5.41, 5.74) is 1.02. The quantitative estimate of drug-likeness (QED) is 0.373. The summed E-state index contributed by atoms with van der Waals surface area (Å²) in [6.45, 7) is 13.8. The van der Waals surface area contributed by atoms with Crippen LogP contribution < -0.4 is 0 Å². The van der Waals surface area contributed by atoms with E-state index in [9.17, 15) is 14.0 Å². The largest absolute Gasteiger partial charge is 0.447 e. The summed E-state index contributed by atoms with van der Waals surface area (Å²) < 4.78 is 19.3. The van der Waals surface area contributed by atoms with Crippen LogP contribution in [0.5, 0.6) is 0 Å². The molecule has 222 valence electrons. The third-order valence-corrected chi connectivity index (χ3v) is 11.2. The molecule has 3 atom stereocenters. The molecule has 2 saturated carbocycles. The Morgan fingerprint density at radius 1 is 1.00 bits per heavy atom. The lowest BCUT2D eigenvalue weighted by molar-refractivity contribution is -0.141. The fraction of sp³-hybridized carbons (Fsp3) is 0.765. The Morgan fingerprint density at radius 2 is 1.65 bits per heavy atom. The first-order chi connectivity index (χ1) is 18.9. The zero-order valence-corrected chi connectivity index (χ0v) is 25.5. The van der Waals surface area contributed by atoms with E-state index < -0.39 is 0 Å². The first kappa shape index (κ1) is 29.4. The molecule has 2 amide bonds. The summed E-state index contributed by atoms with van der Waals surface area (Å²) in [6.07, 6.45) is 10.9. The monoisotopic (exact) mass is 554 g/mol. The molecule has 0 spiro atoms. The maximum absolute atomic E-state index is 14.2. The van der Waals surface area contributed by atoms with Crippen molar-refractivity contribution < 1.29 is 18.7 Å². The summed E-state index contributed by atoms with van der Waals surface area (Å²) >= 11 is 0. The minimum absolute atomic E-state index is 0.0398. The second-order valence-corrected chi connectivity index (χ2v) is 15.1. The lowest BCUT2D eigenvalue weighted by Gasteiger charge is -2.51. The number of amides is 2. The number of nitrogens with zero attached hydrogens (tertiary/aromatic N) is 2. The standard InChI is InChI=1S/C34H51FN2O3/c1-32(2,3)26-13-16-28(29(21-26)24-11-14-27(35)15-12-24)30(38)36-19-17-34(18-20-36,25-9-7-6-8-10-25)22-37-31(39)40-23-33(37,4)5/h11-12,14-15,25-26,28-29H,6-10,13,16-23H2,1-5H3/t26?,28-,29+/m1/s1. The van der Waals surface area contributed by atoms with Crippen LogP contribution in [0.25, 0.3) is 0 Å². The average molecular weight is 555 g/mol. The van der Waals surface area contributed by atoms with E-state index in [2.05, 4.69) is 39.5 Å². The van der Waals surface area contributed by atoms with Crippen LogP contribution >= 0.6 is 0 Å². The van der Waals surface area contributed by atoms with E-state index in [4.69, 9.17) is 4.74 Å². The third kappa shape index (κ3) is 5.92. The Balaban J connectivity index is 1.34. The molecular weight excluding hydrogens is 503 g/mol. The normalized spacial score (nSPS) is 29.4. The molecule has 1 aromatic carbocycles. The summed E-state index contributed by atoms with van der Waals surface area (Å²) in [5.74, 6) is 1.25. The van der Waals surface area contributed by atoms with Crippen LogP contribution in [0.3, 0.4) is 0 Å². The SMILES string of the molecule is CC(C)(C)C1CC[C@@H](C(=O)N2CCC(CN3C(=O)OCC3(C)C)(C3CCCCC3)CC2)[C@H](c2ccc(F)cc2)C1. The number of hydrogen-bond donors (Lipinski definition) is 0. The number of halogens is 1. The average Bonchev–Trinajstić information content (AvgIpc) is 3.20. The molecule has 1 aromatic rings. The fourth-order valence-corrected chi connectivity index (χ4v) is 8.38. The number of rotatable bonds is 5. The van der Waals surface area contributed by atoms with Gasteiger partial charge in [0.1, 0.15) is 12.4 Å². The van der Waals surface area contributed by atoms with Gasteiger partial charge < -0.3 is 9.64 Å². The van der Waals surface area contributed by atoms with Gasteiger partial charge in [-0.25, -0.2) is 9.18 Å². The number of ether oxygens (including phenoxy) is 1. The Labute approximate surface area is 241 Å². The second kappa shape index (κ2) is 11.3. The highest BCUT2D eigenvalue weighted by Gasteiger charge is 2.50. The molecule has 2 aliphatic heterocycles. The van der Waals surface area contributed by atoms with Crippen LogP contribution in [0.1, 0.15) is 110 Å². The number of hydrogen-bond acceptors (Lipinski definition) is 3. The number of carbonyl (C=O) groups is 2. The van der Waals surface area contributed by atoms with Gasteiger partial charge in [-0.3, -0.25) is 9.69 Å². The molecule has 1 unspecified atom stereocenters. The summed E-state index contributed by atoms with van der Waals surface area (Å²) in [6, 6.07) is 6.88. The maximum atomic E-state index is 14.2. The lowest BCUT2D eigenvalue weighted by atomic mass is 9.62. The van der Waals surface area contributed by atoms with Gasteiger partial charge in [0.15, 0.2) is 0 Å². The van der Waals surface area contributed by atoms with Crippen molar-refractivity contribution in [1.29, 1.82) is 0 Å². The highest BCUT2D eigenvalue weighted by Crippen LogP contribution is 2.50. The van der Waals surface area contributed by atoms with Crippen molar-refractivity contribution in [2.75, 3.05) is 26.2 Å².